The van der Waals surface area contributed by atoms with E-state index in [-0.39, 0.29) is 12.0 Å². The Morgan fingerprint density at radius 1 is 1.33 bits per heavy atom. The minimum Gasteiger partial charge on any atom is -0.478 e. The summed E-state index contributed by atoms with van der Waals surface area (Å²) in [6, 6.07) is 5.62. The monoisotopic (exact) mass is 206 g/mol. The Labute approximate surface area is 86.8 Å². The van der Waals surface area contributed by atoms with Crippen LogP contribution in [0, 0.1) is 0 Å². The molecule has 0 amide bonds. The van der Waals surface area contributed by atoms with Crippen LogP contribution in [0.2, 0.25) is 0 Å². The molecule has 15 heavy (non-hydrogen) atoms. The molecule has 1 N–H and O–H groups in total. The summed E-state index contributed by atoms with van der Waals surface area (Å²) in [5, 5.41) is 8.62. The first-order valence-electron chi connectivity index (χ1n) is 4.28. The van der Waals surface area contributed by atoms with Gasteiger partial charge in [0.2, 0.25) is 0 Å². The molecule has 0 saturated heterocycles. The number of carboxylic acids is 1. The van der Waals surface area contributed by atoms with Gasteiger partial charge >= 0.3 is 11.9 Å². The summed E-state index contributed by atoms with van der Waals surface area (Å²) in [5.74, 6) is -1.11. The molecular weight excluding hydrogens is 196 g/mol. The Bertz CT molecular complexity index is 378. The topological polar surface area (TPSA) is 63.6 Å². The van der Waals surface area contributed by atoms with E-state index in [1.54, 1.807) is 0 Å². The van der Waals surface area contributed by atoms with Crippen LogP contribution < -0.4 is 4.74 Å². The number of rotatable bonds is 4. The number of esters is 1. The average molecular weight is 206 g/mol. The van der Waals surface area contributed by atoms with Crippen molar-refractivity contribution in [2.75, 3.05) is 0 Å². The summed E-state index contributed by atoms with van der Waals surface area (Å²) < 4.78 is 4.89. The van der Waals surface area contributed by atoms with Crippen LogP contribution in [0.15, 0.2) is 36.9 Å². The van der Waals surface area contributed by atoms with E-state index in [2.05, 4.69) is 6.58 Å². The van der Waals surface area contributed by atoms with E-state index in [4.69, 9.17) is 9.84 Å². The number of carboxylic acid groups (broad SMARTS) is 1. The fourth-order valence-electron chi connectivity index (χ4n) is 0.957. The molecular formula is C11H10O4. The van der Waals surface area contributed by atoms with Crippen LogP contribution in [0.4, 0.5) is 0 Å². The van der Waals surface area contributed by atoms with Crippen molar-refractivity contribution < 1.29 is 19.4 Å². The van der Waals surface area contributed by atoms with Crippen LogP contribution >= 0.6 is 0 Å². The molecule has 1 rings (SSSR count). The molecule has 0 saturated carbocycles. The fraction of sp³-hybridized carbons (Fsp3) is 0.0909. The van der Waals surface area contributed by atoms with Gasteiger partial charge in [0.25, 0.3) is 0 Å². The number of benzene rings is 1. The fourth-order valence-corrected chi connectivity index (χ4v) is 0.957. The van der Waals surface area contributed by atoms with Crippen molar-refractivity contribution >= 4 is 11.9 Å². The first-order valence-corrected chi connectivity index (χ1v) is 4.28. The number of aromatic carboxylic acids is 1. The molecule has 0 fully saturated rings. The van der Waals surface area contributed by atoms with Crippen molar-refractivity contribution in [2.24, 2.45) is 0 Å². The summed E-state index contributed by atoms with van der Waals surface area (Å²) in [6.45, 7) is 3.40. The van der Waals surface area contributed by atoms with Gasteiger partial charge in [-0.1, -0.05) is 6.08 Å². The first-order chi connectivity index (χ1) is 7.13. The number of ether oxygens (including phenoxy) is 1. The Hall–Kier alpha value is -2.10. The Morgan fingerprint density at radius 2 is 1.93 bits per heavy atom. The molecule has 0 heterocycles. The highest BCUT2D eigenvalue weighted by molar-refractivity contribution is 5.87. The predicted molar refractivity (Wildman–Crippen MR) is 53.9 cm³/mol. The average Bonchev–Trinajstić information content (AvgIpc) is 2.18. The van der Waals surface area contributed by atoms with Gasteiger partial charge in [0.05, 0.1) is 12.0 Å². The van der Waals surface area contributed by atoms with Crippen molar-refractivity contribution in [2.45, 2.75) is 6.42 Å². The highest BCUT2D eigenvalue weighted by Gasteiger charge is 2.04. The lowest BCUT2D eigenvalue weighted by atomic mass is 10.2. The maximum absolute atomic E-state index is 11.0. The maximum atomic E-state index is 11.0. The van der Waals surface area contributed by atoms with Crippen molar-refractivity contribution in [1.29, 1.82) is 0 Å². The maximum Gasteiger partial charge on any atom is 0.335 e. The van der Waals surface area contributed by atoms with Gasteiger partial charge in [0.15, 0.2) is 0 Å². The van der Waals surface area contributed by atoms with Gasteiger partial charge in [-0.25, -0.2) is 4.79 Å². The minimum atomic E-state index is -1.01. The second-order valence-corrected chi connectivity index (χ2v) is 2.80. The van der Waals surface area contributed by atoms with E-state index in [0.29, 0.717) is 5.75 Å². The normalized spacial score (nSPS) is 9.33. The molecule has 0 unspecified atom stereocenters. The summed E-state index contributed by atoms with van der Waals surface area (Å²) in [6.07, 6.45) is 1.56. The molecule has 0 aliphatic heterocycles. The Balaban J connectivity index is 2.68. The zero-order chi connectivity index (χ0) is 11.3. The predicted octanol–water partition coefficient (Wildman–Crippen LogP) is 1.87. The number of carbonyl (C=O) groups excluding carboxylic acids is 1. The summed E-state index contributed by atoms with van der Waals surface area (Å²) in [4.78, 5) is 21.5. The lowest BCUT2D eigenvalue weighted by Gasteiger charge is -2.02. The Morgan fingerprint density at radius 3 is 2.40 bits per heavy atom. The van der Waals surface area contributed by atoms with Gasteiger partial charge < -0.3 is 9.84 Å². The van der Waals surface area contributed by atoms with E-state index in [1.807, 2.05) is 0 Å². The molecule has 1 aromatic carbocycles. The lowest BCUT2D eigenvalue weighted by Crippen LogP contribution is -2.06. The smallest absolute Gasteiger partial charge is 0.335 e. The van der Waals surface area contributed by atoms with Crippen LogP contribution in [-0.2, 0) is 4.79 Å². The summed E-state index contributed by atoms with van der Waals surface area (Å²) >= 11 is 0. The number of hydrogen-bond acceptors (Lipinski definition) is 3. The molecule has 4 heteroatoms. The van der Waals surface area contributed by atoms with Crippen LogP contribution in [-0.4, -0.2) is 17.0 Å². The standard InChI is InChI=1S/C11H10O4/c1-2-3-10(12)15-9-6-4-8(5-7-9)11(13)14/h2,4-7H,1,3H2,(H,13,14). The number of hydrogen-bond donors (Lipinski definition) is 1. The quantitative estimate of drug-likeness (QED) is 0.464. The third kappa shape index (κ3) is 3.27. The molecule has 0 aromatic heterocycles. The zero-order valence-electron chi connectivity index (χ0n) is 7.97. The van der Waals surface area contributed by atoms with Gasteiger partial charge in [-0.3, -0.25) is 4.79 Å². The second-order valence-electron chi connectivity index (χ2n) is 2.80. The molecule has 0 spiro atoms. The third-order valence-corrected chi connectivity index (χ3v) is 1.64. The van der Waals surface area contributed by atoms with Crippen LogP contribution in [0.5, 0.6) is 5.75 Å². The first kappa shape index (κ1) is 11.0. The Kier molecular flexibility index (Phi) is 3.62. The summed E-state index contributed by atoms with van der Waals surface area (Å²) in [7, 11) is 0. The van der Waals surface area contributed by atoms with Gasteiger partial charge in [-0.05, 0) is 24.3 Å². The van der Waals surface area contributed by atoms with E-state index in [1.165, 1.54) is 30.3 Å². The molecule has 0 aliphatic carbocycles. The van der Waals surface area contributed by atoms with Crippen molar-refractivity contribution in [3.8, 4) is 5.75 Å². The highest BCUT2D eigenvalue weighted by Crippen LogP contribution is 2.12. The highest BCUT2D eigenvalue weighted by atomic mass is 16.5. The molecule has 0 atom stereocenters. The van der Waals surface area contributed by atoms with E-state index in [0.717, 1.165) is 0 Å². The minimum absolute atomic E-state index is 0.126. The van der Waals surface area contributed by atoms with Gasteiger partial charge in [-0.15, -0.1) is 6.58 Å². The molecule has 1 aromatic rings. The van der Waals surface area contributed by atoms with Gasteiger partial charge in [-0.2, -0.15) is 0 Å². The lowest BCUT2D eigenvalue weighted by molar-refractivity contribution is -0.133. The second kappa shape index (κ2) is 4.95. The largest absolute Gasteiger partial charge is 0.478 e. The summed E-state index contributed by atoms with van der Waals surface area (Å²) in [5.41, 5.74) is 0.151. The van der Waals surface area contributed by atoms with Crippen molar-refractivity contribution in [3.63, 3.8) is 0 Å². The third-order valence-electron chi connectivity index (χ3n) is 1.64. The molecule has 0 radical (unpaired) electrons. The molecule has 4 nitrogen and oxygen atoms in total. The van der Waals surface area contributed by atoms with Gasteiger partial charge in [0.1, 0.15) is 5.75 Å². The van der Waals surface area contributed by atoms with Crippen molar-refractivity contribution in [3.05, 3.63) is 42.5 Å². The van der Waals surface area contributed by atoms with Crippen LogP contribution in [0.1, 0.15) is 16.8 Å². The SMILES string of the molecule is C=CCC(=O)Oc1ccc(C(=O)O)cc1. The van der Waals surface area contributed by atoms with Crippen LogP contribution in [0.25, 0.3) is 0 Å². The molecule has 0 aliphatic rings. The number of carbonyl (C=O) groups is 2. The molecule has 0 bridgehead atoms. The molecule has 78 valence electrons. The van der Waals surface area contributed by atoms with E-state index < -0.39 is 11.9 Å². The van der Waals surface area contributed by atoms with Crippen molar-refractivity contribution in [1.82, 2.24) is 0 Å². The van der Waals surface area contributed by atoms with E-state index >= 15 is 0 Å². The van der Waals surface area contributed by atoms with E-state index in [9.17, 15) is 9.59 Å². The van der Waals surface area contributed by atoms with Crippen LogP contribution in [0.3, 0.4) is 0 Å². The van der Waals surface area contributed by atoms with Gasteiger partial charge in [0, 0.05) is 0 Å². The zero-order valence-corrected chi connectivity index (χ0v) is 7.97.